The molecule has 0 radical (unpaired) electrons. The molecule has 0 aliphatic rings. The Hall–Kier alpha value is -1.60. The fraction of sp³-hybridized carbons (Fsp3) is 0.833. The molecule has 0 aromatic carbocycles. The zero-order valence-corrected chi connectivity index (χ0v) is 11.5. The molecule has 0 bridgehead atoms. The molecular formula is C12H22F2N2O4. The molecule has 0 aromatic heterocycles. The van der Waals surface area contributed by atoms with Gasteiger partial charge in [0.2, 0.25) is 0 Å². The highest BCUT2D eigenvalue weighted by atomic mass is 19.1. The van der Waals surface area contributed by atoms with Gasteiger partial charge in [-0.25, -0.2) is 18.4 Å². The number of hydrogen-bond donors (Lipinski definition) is 2. The third-order valence-electron chi connectivity index (χ3n) is 2.26. The van der Waals surface area contributed by atoms with Gasteiger partial charge in [0.15, 0.2) is 0 Å². The number of nitrogens with one attached hydrogen (secondary N) is 2. The van der Waals surface area contributed by atoms with Crippen molar-refractivity contribution in [2.45, 2.75) is 25.7 Å². The lowest BCUT2D eigenvalue weighted by Crippen LogP contribution is -2.26. The third-order valence-corrected chi connectivity index (χ3v) is 2.26. The lowest BCUT2D eigenvalue weighted by Gasteiger charge is -2.06. The van der Waals surface area contributed by atoms with Gasteiger partial charge in [0.05, 0.1) is 0 Å². The predicted molar refractivity (Wildman–Crippen MR) is 69.1 cm³/mol. The molecule has 0 aliphatic carbocycles. The SMILES string of the molecule is O=C(NCCCCCCNC(=O)OCCF)OCCF. The fourth-order valence-electron chi connectivity index (χ4n) is 1.35. The molecule has 2 N–H and O–H groups in total. The number of unbranched alkanes of at least 4 members (excludes halogenated alkanes) is 3. The Labute approximate surface area is 117 Å². The number of rotatable bonds is 11. The minimum atomic E-state index is -0.686. The summed E-state index contributed by atoms with van der Waals surface area (Å²) in [5, 5.41) is 4.99. The quantitative estimate of drug-likeness (QED) is 0.571. The van der Waals surface area contributed by atoms with E-state index in [4.69, 9.17) is 0 Å². The van der Waals surface area contributed by atoms with Crippen molar-refractivity contribution < 1.29 is 27.8 Å². The molecule has 2 amide bonds. The van der Waals surface area contributed by atoms with Gasteiger partial charge in [0.1, 0.15) is 26.6 Å². The van der Waals surface area contributed by atoms with Crippen molar-refractivity contribution in [3.8, 4) is 0 Å². The summed E-state index contributed by atoms with van der Waals surface area (Å²) in [4.78, 5) is 21.8. The second kappa shape index (κ2) is 13.8. The van der Waals surface area contributed by atoms with Crippen LogP contribution >= 0.6 is 0 Å². The summed E-state index contributed by atoms with van der Waals surface area (Å²) in [6.07, 6.45) is 2.09. The average Bonchev–Trinajstić information content (AvgIpc) is 2.45. The second-order valence-electron chi connectivity index (χ2n) is 3.92. The molecular weight excluding hydrogens is 274 g/mol. The normalized spacial score (nSPS) is 9.90. The minimum absolute atomic E-state index is 0.226. The summed E-state index contributed by atoms with van der Waals surface area (Å²) in [5.74, 6) is 0. The molecule has 0 saturated carbocycles. The van der Waals surface area contributed by atoms with Gasteiger partial charge >= 0.3 is 12.2 Å². The van der Waals surface area contributed by atoms with Crippen molar-refractivity contribution in [2.24, 2.45) is 0 Å². The maximum atomic E-state index is 11.7. The van der Waals surface area contributed by atoms with Crippen LogP contribution in [0.1, 0.15) is 25.7 Å². The molecule has 0 rings (SSSR count). The fourth-order valence-corrected chi connectivity index (χ4v) is 1.35. The average molecular weight is 296 g/mol. The van der Waals surface area contributed by atoms with Crippen LogP contribution in [-0.2, 0) is 9.47 Å². The third kappa shape index (κ3) is 12.8. The van der Waals surface area contributed by atoms with Gasteiger partial charge < -0.3 is 20.1 Å². The van der Waals surface area contributed by atoms with Crippen LogP contribution in [-0.4, -0.2) is 51.8 Å². The summed E-state index contributed by atoms with van der Waals surface area (Å²) in [6.45, 7) is -0.886. The lowest BCUT2D eigenvalue weighted by atomic mass is 10.2. The lowest BCUT2D eigenvalue weighted by molar-refractivity contribution is 0.136. The van der Waals surface area contributed by atoms with Gasteiger partial charge in [-0.3, -0.25) is 0 Å². The number of hydrogen-bond acceptors (Lipinski definition) is 4. The van der Waals surface area contributed by atoms with Crippen LogP contribution in [0.5, 0.6) is 0 Å². The Morgan fingerprint density at radius 1 is 0.750 bits per heavy atom. The van der Waals surface area contributed by atoms with Gasteiger partial charge in [-0.15, -0.1) is 0 Å². The highest BCUT2D eigenvalue weighted by molar-refractivity contribution is 5.67. The molecule has 0 aromatic rings. The molecule has 0 heterocycles. The van der Waals surface area contributed by atoms with E-state index in [2.05, 4.69) is 20.1 Å². The highest BCUT2D eigenvalue weighted by Gasteiger charge is 2.01. The van der Waals surface area contributed by atoms with Crippen molar-refractivity contribution in [1.82, 2.24) is 10.6 Å². The molecule has 0 aliphatic heterocycles. The first-order valence-corrected chi connectivity index (χ1v) is 6.64. The number of carbonyl (C=O) groups is 2. The molecule has 6 nitrogen and oxygen atoms in total. The Bertz CT molecular complexity index is 242. The van der Waals surface area contributed by atoms with Crippen molar-refractivity contribution >= 4 is 12.2 Å². The van der Waals surface area contributed by atoms with Crippen LogP contribution in [0.4, 0.5) is 18.4 Å². The smallest absolute Gasteiger partial charge is 0.407 e. The number of halogens is 2. The first-order chi connectivity index (χ1) is 9.70. The summed E-state index contributed by atoms with van der Waals surface area (Å²) >= 11 is 0. The van der Waals surface area contributed by atoms with Gasteiger partial charge in [0, 0.05) is 13.1 Å². The van der Waals surface area contributed by atoms with E-state index in [-0.39, 0.29) is 13.2 Å². The van der Waals surface area contributed by atoms with Crippen molar-refractivity contribution in [2.75, 3.05) is 39.7 Å². The van der Waals surface area contributed by atoms with E-state index >= 15 is 0 Å². The Morgan fingerprint density at radius 3 is 1.50 bits per heavy atom. The monoisotopic (exact) mass is 296 g/mol. The largest absolute Gasteiger partial charge is 0.447 e. The van der Waals surface area contributed by atoms with E-state index in [1.165, 1.54) is 0 Å². The summed E-state index contributed by atoms with van der Waals surface area (Å²) in [7, 11) is 0. The van der Waals surface area contributed by atoms with Crippen LogP contribution in [0, 0.1) is 0 Å². The van der Waals surface area contributed by atoms with Crippen LogP contribution in [0.15, 0.2) is 0 Å². The van der Waals surface area contributed by atoms with E-state index in [0.717, 1.165) is 25.7 Å². The maximum Gasteiger partial charge on any atom is 0.407 e. The minimum Gasteiger partial charge on any atom is -0.447 e. The van der Waals surface area contributed by atoms with Crippen molar-refractivity contribution in [1.29, 1.82) is 0 Å². The van der Waals surface area contributed by atoms with Crippen molar-refractivity contribution in [3.05, 3.63) is 0 Å². The molecule has 0 spiro atoms. The van der Waals surface area contributed by atoms with Crippen molar-refractivity contribution in [3.63, 3.8) is 0 Å². The first-order valence-electron chi connectivity index (χ1n) is 6.64. The zero-order chi connectivity index (χ0) is 15.1. The molecule has 0 unspecified atom stereocenters. The summed E-state index contributed by atoms with van der Waals surface area (Å²) in [6, 6.07) is 0. The first kappa shape index (κ1) is 18.4. The van der Waals surface area contributed by atoms with E-state index in [9.17, 15) is 18.4 Å². The Kier molecular flexibility index (Phi) is 12.7. The Balaban J connectivity index is 3.20. The van der Waals surface area contributed by atoms with E-state index < -0.39 is 25.5 Å². The molecule has 0 saturated heterocycles. The van der Waals surface area contributed by atoms with Crippen LogP contribution in [0.3, 0.4) is 0 Å². The van der Waals surface area contributed by atoms with Gasteiger partial charge in [-0.2, -0.15) is 0 Å². The number of carbonyl (C=O) groups excluding carboxylic acids is 2. The second-order valence-corrected chi connectivity index (χ2v) is 3.92. The van der Waals surface area contributed by atoms with Gasteiger partial charge in [-0.05, 0) is 12.8 Å². The van der Waals surface area contributed by atoms with E-state index in [1.54, 1.807) is 0 Å². The van der Waals surface area contributed by atoms with Gasteiger partial charge in [0.25, 0.3) is 0 Å². The topological polar surface area (TPSA) is 76.7 Å². The van der Waals surface area contributed by atoms with Crippen LogP contribution in [0.25, 0.3) is 0 Å². The standard InChI is InChI=1S/C12H22F2N2O4/c13-5-9-19-11(17)15-7-3-1-2-4-8-16-12(18)20-10-6-14/h1-10H2,(H,15,17)(H,16,18). The summed E-state index contributed by atoms with van der Waals surface area (Å²) in [5.41, 5.74) is 0. The Morgan fingerprint density at radius 2 is 1.15 bits per heavy atom. The van der Waals surface area contributed by atoms with Crippen LogP contribution in [0.2, 0.25) is 0 Å². The predicted octanol–water partition coefficient (Wildman–Crippen LogP) is 1.94. The highest BCUT2D eigenvalue weighted by Crippen LogP contribution is 1.98. The molecule has 118 valence electrons. The number of alkyl carbamates (subject to hydrolysis) is 2. The molecule has 20 heavy (non-hydrogen) atoms. The van der Waals surface area contributed by atoms with E-state index in [0.29, 0.717) is 13.1 Å². The zero-order valence-electron chi connectivity index (χ0n) is 11.5. The molecule has 0 atom stereocenters. The number of ether oxygens (including phenoxy) is 2. The number of alkyl halides is 2. The number of amides is 2. The maximum absolute atomic E-state index is 11.7. The molecule has 0 fully saturated rings. The van der Waals surface area contributed by atoms with Crippen LogP contribution < -0.4 is 10.6 Å². The van der Waals surface area contributed by atoms with E-state index in [1.807, 2.05) is 0 Å². The van der Waals surface area contributed by atoms with Gasteiger partial charge in [-0.1, -0.05) is 12.8 Å². The summed E-state index contributed by atoms with van der Waals surface area (Å²) < 4.78 is 32.3. The molecule has 8 heteroatoms.